The molecule has 0 saturated heterocycles. The van der Waals surface area contributed by atoms with E-state index in [0.717, 1.165) is 65.4 Å². The van der Waals surface area contributed by atoms with Crippen molar-refractivity contribution in [2.75, 3.05) is 18.0 Å². The number of hydrogen-bond donors (Lipinski definition) is 1. The summed E-state index contributed by atoms with van der Waals surface area (Å²) in [5.41, 5.74) is 7.21. The fraction of sp³-hybridized carbons (Fsp3) is 0.162. The van der Waals surface area contributed by atoms with Crippen molar-refractivity contribution in [1.29, 1.82) is 0 Å². The molecule has 43 heavy (non-hydrogen) atoms. The Morgan fingerprint density at radius 2 is 1.28 bits per heavy atom. The third-order valence-electron chi connectivity index (χ3n) is 7.40. The highest BCUT2D eigenvalue weighted by Gasteiger charge is 2.22. The molecule has 0 amide bonds. The van der Waals surface area contributed by atoms with Gasteiger partial charge in [0.2, 0.25) is 11.4 Å². The minimum absolute atomic E-state index is 0.119. The Morgan fingerprint density at radius 1 is 0.698 bits per heavy atom. The minimum atomic E-state index is -4.46. The van der Waals surface area contributed by atoms with E-state index in [0.29, 0.717) is 5.56 Å². The third-order valence-corrected chi connectivity index (χ3v) is 8.31. The van der Waals surface area contributed by atoms with Crippen LogP contribution in [0, 0.1) is 0 Å². The lowest BCUT2D eigenvalue weighted by atomic mass is 9.90. The van der Waals surface area contributed by atoms with Crippen LogP contribution in [0.3, 0.4) is 0 Å². The number of nitrogens with zero attached hydrogens (tertiary/aromatic N) is 2. The second-order valence-corrected chi connectivity index (χ2v) is 11.8. The van der Waals surface area contributed by atoms with E-state index in [2.05, 4.69) is 71.9 Å². The molecule has 218 valence electrons. The van der Waals surface area contributed by atoms with Gasteiger partial charge in [0.1, 0.15) is 11.4 Å². The van der Waals surface area contributed by atoms with E-state index in [4.69, 9.17) is 0 Å². The molecule has 0 unspecified atom stereocenters. The summed E-state index contributed by atoms with van der Waals surface area (Å²) in [5, 5.41) is 0. The molecule has 6 heteroatoms. The van der Waals surface area contributed by atoms with Crippen LogP contribution in [0.5, 0.6) is 0 Å². The van der Waals surface area contributed by atoms with Gasteiger partial charge in [0, 0.05) is 54.2 Å². The summed E-state index contributed by atoms with van der Waals surface area (Å²) in [4.78, 5) is 2.16. The summed E-state index contributed by atoms with van der Waals surface area (Å²) >= 11 is 0. The first-order valence-electron chi connectivity index (χ1n) is 14.7. The van der Waals surface area contributed by atoms with Crippen molar-refractivity contribution in [3.63, 3.8) is 0 Å². The van der Waals surface area contributed by atoms with E-state index in [1.165, 1.54) is 6.07 Å². The first-order valence-corrected chi connectivity index (χ1v) is 16.1. The Kier molecular flexibility index (Phi) is 9.50. The predicted molar refractivity (Wildman–Crippen MR) is 177 cm³/mol. The van der Waals surface area contributed by atoms with Crippen LogP contribution in [-0.4, -0.2) is 36.3 Å². The lowest BCUT2D eigenvalue weighted by molar-refractivity contribution is -0.439. The molecule has 1 aliphatic carbocycles. The van der Waals surface area contributed by atoms with Gasteiger partial charge in [-0.1, -0.05) is 80.6 Å². The molecule has 0 heterocycles. The molecular formula is C37H37N2O3S+. The number of para-hydroxylation sites is 2. The largest absolute Gasteiger partial charge is 0.342 e. The van der Waals surface area contributed by atoms with E-state index in [-0.39, 0.29) is 4.90 Å². The Morgan fingerprint density at radius 3 is 1.88 bits per heavy atom. The smallest absolute Gasteiger partial charge is 0.295 e. The highest BCUT2D eigenvalue weighted by Crippen LogP contribution is 2.35. The SMILES string of the molecule is CCCN(c1ccccc1)c1ccc(C(=C2C=CC(=[N+](CCC)c3ccccc3)C=C2)c2ccccc2S(=O)(=O)O)cc1. The molecule has 4 aromatic rings. The molecule has 0 aromatic heterocycles. The van der Waals surface area contributed by atoms with Crippen molar-refractivity contribution >= 4 is 38.5 Å². The van der Waals surface area contributed by atoms with Crippen LogP contribution in [0.25, 0.3) is 5.57 Å². The van der Waals surface area contributed by atoms with E-state index in [1.807, 2.05) is 60.7 Å². The van der Waals surface area contributed by atoms with Crippen LogP contribution in [0.2, 0.25) is 0 Å². The molecule has 1 aliphatic rings. The standard InChI is InChI=1S/C37H36N2O3S/c1-3-27-38(31-13-7-5-8-14-31)33-23-19-29(20-24-33)37(35-17-11-12-18-36(35)43(40,41)42)30-21-25-34(26-22-30)39(28-4-2)32-15-9-6-10-16-32/h5-26H,3-4,27-28H2,1-2H3/p+1. The van der Waals surface area contributed by atoms with Gasteiger partial charge in [0.25, 0.3) is 10.1 Å². The van der Waals surface area contributed by atoms with Crippen molar-refractivity contribution in [2.24, 2.45) is 0 Å². The Bertz CT molecular complexity index is 1770. The molecule has 4 aromatic carbocycles. The monoisotopic (exact) mass is 589 g/mol. The molecule has 0 atom stereocenters. The highest BCUT2D eigenvalue weighted by atomic mass is 32.2. The molecule has 0 radical (unpaired) electrons. The molecule has 0 spiro atoms. The van der Waals surface area contributed by atoms with Crippen molar-refractivity contribution < 1.29 is 17.5 Å². The molecule has 5 nitrogen and oxygen atoms in total. The van der Waals surface area contributed by atoms with Gasteiger partial charge in [0.05, 0.1) is 0 Å². The zero-order chi connectivity index (χ0) is 30.2. The lowest BCUT2D eigenvalue weighted by Gasteiger charge is -2.25. The van der Waals surface area contributed by atoms with Gasteiger partial charge in [-0.15, -0.1) is 0 Å². The van der Waals surface area contributed by atoms with Gasteiger partial charge in [0.15, 0.2) is 0 Å². The predicted octanol–water partition coefficient (Wildman–Crippen LogP) is 8.60. The van der Waals surface area contributed by atoms with Gasteiger partial charge < -0.3 is 4.90 Å². The lowest BCUT2D eigenvalue weighted by Crippen LogP contribution is -2.17. The number of benzene rings is 4. The summed E-state index contributed by atoms with van der Waals surface area (Å²) in [5.74, 6) is 0. The maximum absolute atomic E-state index is 12.5. The van der Waals surface area contributed by atoms with E-state index < -0.39 is 10.1 Å². The highest BCUT2D eigenvalue weighted by molar-refractivity contribution is 7.86. The first-order chi connectivity index (χ1) is 20.9. The number of rotatable bonds is 10. The molecule has 0 fully saturated rings. The second kappa shape index (κ2) is 13.6. The summed E-state index contributed by atoms with van der Waals surface area (Å²) < 4.78 is 37.4. The Balaban J connectivity index is 1.64. The molecule has 1 N–H and O–H groups in total. The van der Waals surface area contributed by atoms with Crippen LogP contribution in [0.4, 0.5) is 17.1 Å². The Hall–Kier alpha value is -4.52. The zero-order valence-corrected chi connectivity index (χ0v) is 25.4. The van der Waals surface area contributed by atoms with E-state index >= 15 is 0 Å². The third kappa shape index (κ3) is 6.94. The van der Waals surface area contributed by atoms with Crippen molar-refractivity contribution in [3.05, 3.63) is 150 Å². The normalized spacial score (nSPS) is 12.8. The fourth-order valence-electron chi connectivity index (χ4n) is 5.47. The number of anilines is 2. The summed E-state index contributed by atoms with van der Waals surface area (Å²) in [7, 11) is -4.46. The fourth-order valence-corrected chi connectivity index (χ4v) is 6.17. The maximum Gasteiger partial charge on any atom is 0.295 e. The molecule has 0 bridgehead atoms. The maximum atomic E-state index is 12.5. The van der Waals surface area contributed by atoms with Crippen molar-refractivity contribution in [3.8, 4) is 0 Å². The zero-order valence-electron chi connectivity index (χ0n) is 24.6. The van der Waals surface area contributed by atoms with Crippen LogP contribution < -0.4 is 4.90 Å². The van der Waals surface area contributed by atoms with Crippen LogP contribution in [0.1, 0.15) is 37.8 Å². The number of allylic oxidation sites excluding steroid dienone is 5. The van der Waals surface area contributed by atoms with Gasteiger partial charge in [-0.3, -0.25) is 4.55 Å². The van der Waals surface area contributed by atoms with Gasteiger partial charge in [-0.05, 0) is 65.6 Å². The molecule has 0 saturated carbocycles. The van der Waals surface area contributed by atoms with E-state index in [1.54, 1.807) is 18.2 Å². The Labute approximate surface area is 255 Å². The quantitative estimate of drug-likeness (QED) is 0.149. The summed E-state index contributed by atoms with van der Waals surface area (Å²) in [6, 6.07) is 35.4. The van der Waals surface area contributed by atoms with Crippen molar-refractivity contribution in [1.82, 2.24) is 0 Å². The van der Waals surface area contributed by atoms with Crippen LogP contribution in [0.15, 0.2) is 144 Å². The topological polar surface area (TPSA) is 60.6 Å². The average Bonchev–Trinajstić information content (AvgIpc) is 3.04. The van der Waals surface area contributed by atoms with Gasteiger partial charge >= 0.3 is 0 Å². The summed E-state index contributed by atoms with van der Waals surface area (Å²) in [6.07, 6.45) is 10.2. The molecule has 0 aliphatic heterocycles. The van der Waals surface area contributed by atoms with Crippen LogP contribution in [-0.2, 0) is 10.1 Å². The number of hydrogen-bond acceptors (Lipinski definition) is 3. The second-order valence-electron chi connectivity index (χ2n) is 10.4. The van der Waals surface area contributed by atoms with Crippen LogP contribution >= 0.6 is 0 Å². The van der Waals surface area contributed by atoms with Gasteiger partial charge in [-0.25, -0.2) is 0 Å². The van der Waals surface area contributed by atoms with Gasteiger partial charge in [-0.2, -0.15) is 13.0 Å². The molecular weight excluding hydrogens is 552 g/mol. The van der Waals surface area contributed by atoms with Crippen molar-refractivity contribution in [2.45, 2.75) is 31.6 Å². The molecule has 5 rings (SSSR count). The minimum Gasteiger partial charge on any atom is -0.342 e. The summed E-state index contributed by atoms with van der Waals surface area (Å²) in [6.45, 7) is 6.04. The van der Waals surface area contributed by atoms with E-state index in [9.17, 15) is 13.0 Å². The average molecular weight is 590 g/mol. The first kappa shape index (κ1) is 30.0.